The second-order valence-corrected chi connectivity index (χ2v) is 8.55. The van der Waals surface area contributed by atoms with Crippen molar-refractivity contribution >= 4 is 38.7 Å². The van der Waals surface area contributed by atoms with Gasteiger partial charge in [-0.3, -0.25) is 15.1 Å². The number of carbonyl (C=O) groups excluding carboxylic acids is 1. The normalized spacial score (nSPS) is 10.6. The minimum atomic E-state index is -0.263. The predicted octanol–water partition coefficient (Wildman–Crippen LogP) is 5.68. The van der Waals surface area contributed by atoms with Gasteiger partial charge in [0.05, 0.1) is 16.5 Å². The number of benzene rings is 1. The van der Waals surface area contributed by atoms with Gasteiger partial charge in [0.15, 0.2) is 5.13 Å². The maximum atomic E-state index is 12.5. The number of thiophene rings is 1. The van der Waals surface area contributed by atoms with Gasteiger partial charge < -0.3 is 15.2 Å². The summed E-state index contributed by atoms with van der Waals surface area (Å²) >= 11 is 2.48. The van der Waals surface area contributed by atoms with Crippen LogP contribution in [-0.4, -0.2) is 22.5 Å². The number of carbonyl (C=O) groups is 1. The Balaban J connectivity index is 1.62. The summed E-state index contributed by atoms with van der Waals surface area (Å²) in [6, 6.07) is 14.5. The third-order valence-electron chi connectivity index (χ3n) is 4.13. The van der Waals surface area contributed by atoms with Crippen LogP contribution in [0.3, 0.4) is 0 Å². The number of ether oxygens (including phenoxy) is 2. The van der Waals surface area contributed by atoms with Crippen LogP contribution in [0.5, 0.6) is 16.6 Å². The molecule has 0 radical (unpaired) electrons. The summed E-state index contributed by atoms with van der Waals surface area (Å²) in [7, 11) is 0. The van der Waals surface area contributed by atoms with E-state index in [2.05, 4.69) is 22.2 Å². The summed E-state index contributed by atoms with van der Waals surface area (Å²) in [6.45, 7) is 2.72. The molecule has 0 saturated carbocycles. The van der Waals surface area contributed by atoms with Crippen LogP contribution in [0.4, 0.5) is 10.1 Å². The Morgan fingerprint density at radius 3 is 2.48 bits per heavy atom. The first kappa shape index (κ1) is 20.8. The van der Waals surface area contributed by atoms with Gasteiger partial charge in [-0.2, -0.15) is 0 Å². The zero-order chi connectivity index (χ0) is 21.6. The number of nitrogens with two attached hydrogens (primary N) is 1. The number of nitrogens with zero attached hydrogens (tertiary/aromatic N) is 2. The molecule has 0 bridgehead atoms. The molecule has 4 rings (SSSR count). The molecule has 0 unspecified atom stereocenters. The van der Waals surface area contributed by atoms with Gasteiger partial charge in [0.2, 0.25) is 5.06 Å². The van der Waals surface area contributed by atoms with E-state index in [1.54, 1.807) is 36.7 Å². The minimum Gasteiger partial charge on any atom is -0.494 e. The Bertz CT molecular complexity index is 1160. The Morgan fingerprint density at radius 2 is 1.81 bits per heavy atom. The van der Waals surface area contributed by atoms with Crippen LogP contribution in [0.1, 0.15) is 23.0 Å². The van der Waals surface area contributed by atoms with Crippen LogP contribution in [0.2, 0.25) is 0 Å². The molecule has 0 atom stereocenters. The van der Waals surface area contributed by atoms with E-state index in [1.807, 2.05) is 24.3 Å². The van der Waals surface area contributed by atoms with E-state index in [1.165, 1.54) is 22.7 Å². The van der Waals surface area contributed by atoms with Gasteiger partial charge in [0.1, 0.15) is 17.2 Å². The molecule has 3 aromatic heterocycles. The maximum Gasteiger partial charge on any atom is 0.267 e. The third-order valence-corrected chi connectivity index (χ3v) is 5.89. The van der Waals surface area contributed by atoms with Gasteiger partial charge >= 0.3 is 0 Å². The van der Waals surface area contributed by atoms with Crippen LogP contribution in [-0.2, 0) is 0 Å². The molecule has 3 heterocycles. The smallest absolute Gasteiger partial charge is 0.267 e. The lowest BCUT2D eigenvalue weighted by atomic mass is 10.1. The Kier molecular flexibility index (Phi) is 6.44. The van der Waals surface area contributed by atoms with Gasteiger partial charge in [-0.15, -0.1) is 11.3 Å². The minimum absolute atomic E-state index is 0.263. The van der Waals surface area contributed by atoms with E-state index in [0.29, 0.717) is 38.1 Å². The summed E-state index contributed by atoms with van der Waals surface area (Å²) < 4.78 is 11.7. The molecule has 0 fully saturated rings. The summed E-state index contributed by atoms with van der Waals surface area (Å²) in [5.41, 5.74) is 7.21. The quantitative estimate of drug-likeness (QED) is 0.357. The molecule has 7 nitrogen and oxygen atoms in total. The van der Waals surface area contributed by atoms with Crippen molar-refractivity contribution < 1.29 is 14.3 Å². The van der Waals surface area contributed by atoms with Crippen molar-refractivity contribution in [3.63, 3.8) is 0 Å². The number of rotatable bonds is 8. The zero-order valence-corrected chi connectivity index (χ0v) is 18.3. The third kappa shape index (κ3) is 5.19. The van der Waals surface area contributed by atoms with E-state index in [-0.39, 0.29) is 5.91 Å². The molecule has 4 aromatic rings. The number of nitrogen functional groups attached to an aromatic ring is 1. The molecule has 1 amide bonds. The highest BCUT2D eigenvalue weighted by Gasteiger charge is 2.18. The largest absolute Gasteiger partial charge is 0.494 e. The number of anilines is 2. The lowest BCUT2D eigenvalue weighted by molar-refractivity contribution is 0.103. The van der Waals surface area contributed by atoms with Gasteiger partial charge in [-0.1, -0.05) is 18.3 Å². The van der Waals surface area contributed by atoms with Crippen molar-refractivity contribution in [1.29, 1.82) is 0 Å². The fourth-order valence-corrected chi connectivity index (χ4v) is 4.21. The Hall–Kier alpha value is -3.43. The second-order valence-electron chi connectivity index (χ2n) is 6.47. The van der Waals surface area contributed by atoms with Crippen molar-refractivity contribution in [2.24, 2.45) is 0 Å². The number of nitrogens with one attached hydrogen (secondary N) is 1. The molecule has 1 aromatic carbocycles. The van der Waals surface area contributed by atoms with Gasteiger partial charge in [-0.05, 0) is 55.0 Å². The molecule has 3 N–H and O–H groups in total. The topological polar surface area (TPSA) is 99.4 Å². The van der Waals surface area contributed by atoms with Gasteiger partial charge in [0.25, 0.3) is 5.91 Å². The molecule has 0 aliphatic heterocycles. The van der Waals surface area contributed by atoms with Crippen LogP contribution in [0.15, 0.2) is 60.9 Å². The van der Waals surface area contributed by atoms with Gasteiger partial charge in [-0.25, -0.2) is 4.98 Å². The summed E-state index contributed by atoms with van der Waals surface area (Å²) in [4.78, 5) is 21.7. The first-order valence-electron chi connectivity index (χ1n) is 9.61. The fraction of sp³-hybridized carbons (Fsp3) is 0.136. The molecular formula is C22H20N4O3S2. The number of pyridine rings is 1. The van der Waals surface area contributed by atoms with Crippen molar-refractivity contribution in [3.05, 3.63) is 65.8 Å². The lowest BCUT2D eigenvalue weighted by Crippen LogP contribution is -2.09. The summed E-state index contributed by atoms with van der Waals surface area (Å²) in [5.74, 6) is 1.16. The highest BCUT2D eigenvalue weighted by atomic mass is 32.1. The average molecular weight is 453 g/mol. The summed E-state index contributed by atoms with van der Waals surface area (Å²) in [5, 5.41) is 4.41. The first-order valence-corrected chi connectivity index (χ1v) is 11.2. The predicted molar refractivity (Wildman–Crippen MR) is 124 cm³/mol. The van der Waals surface area contributed by atoms with Crippen LogP contribution in [0, 0.1) is 0 Å². The Labute approximate surface area is 187 Å². The van der Waals surface area contributed by atoms with Crippen molar-refractivity contribution in [3.8, 4) is 27.8 Å². The zero-order valence-electron chi connectivity index (χ0n) is 16.7. The van der Waals surface area contributed by atoms with Crippen molar-refractivity contribution in [2.45, 2.75) is 13.3 Å². The summed E-state index contributed by atoms with van der Waals surface area (Å²) in [6.07, 6.45) is 4.25. The standard InChI is InChI=1S/C22H20N4O3S2/c1-2-13-28-15-5-3-14(4-6-15)19-21(29-16-9-11-24-12-10-16)31-22(25-19)26-20(27)17-7-8-18(23)30-17/h3-12H,2,13,23H2,1H3,(H,25,26,27). The van der Waals surface area contributed by atoms with E-state index in [4.69, 9.17) is 15.2 Å². The monoisotopic (exact) mass is 452 g/mol. The average Bonchev–Trinajstić information content (AvgIpc) is 3.39. The van der Waals surface area contributed by atoms with Crippen molar-refractivity contribution in [1.82, 2.24) is 9.97 Å². The Morgan fingerprint density at radius 1 is 1.03 bits per heavy atom. The molecule has 9 heteroatoms. The molecular weight excluding hydrogens is 432 g/mol. The number of hydrogen-bond acceptors (Lipinski definition) is 8. The van der Waals surface area contributed by atoms with Crippen LogP contribution in [0.25, 0.3) is 11.3 Å². The lowest BCUT2D eigenvalue weighted by Gasteiger charge is -2.07. The van der Waals surface area contributed by atoms with Crippen LogP contribution >= 0.6 is 22.7 Å². The first-order chi connectivity index (χ1) is 15.1. The molecule has 31 heavy (non-hydrogen) atoms. The van der Waals surface area contributed by atoms with E-state index in [9.17, 15) is 4.79 Å². The highest BCUT2D eigenvalue weighted by Crippen LogP contribution is 2.41. The van der Waals surface area contributed by atoms with E-state index >= 15 is 0 Å². The van der Waals surface area contributed by atoms with E-state index in [0.717, 1.165) is 17.7 Å². The number of amides is 1. The van der Waals surface area contributed by atoms with Crippen LogP contribution < -0.4 is 20.5 Å². The SMILES string of the molecule is CCCOc1ccc(-c2nc(NC(=O)c3ccc(N)s3)sc2Oc2ccncc2)cc1. The number of thiazole rings is 1. The van der Waals surface area contributed by atoms with E-state index < -0.39 is 0 Å². The molecule has 0 spiro atoms. The second kappa shape index (κ2) is 9.59. The highest BCUT2D eigenvalue weighted by molar-refractivity contribution is 7.19. The fourth-order valence-electron chi connectivity index (χ4n) is 2.69. The van der Waals surface area contributed by atoms with Crippen molar-refractivity contribution in [2.75, 3.05) is 17.7 Å². The molecule has 0 saturated heterocycles. The molecule has 0 aliphatic carbocycles. The maximum absolute atomic E-state index is 12.5. The molecule has 158 valence electrons. The molecule has 0 aliphatic rings. The van der Waals surface area contributed by atoms with Gasteiger partial charge in [0, 0.05) is 18.0 Å². The number of hydrogen-bond donors (Lipinski definition) is 2. The number of aromatic nitrogens is 2.